The molecule has 0 spiro atoms. The van der Waals surface area contributed by atoms with E-state index in [1.54, 1.807) is 17.1 Å². The second-order valence-corrected chi connectivity index (χ2v) is 5.26. The number of aromatic nitrogens is 3. The van der Waals surface area contributed by atoms with Crippen molar-refractivity contribution in [2.45, 2.75) is 6.92 Å². The van der Waals surface area contributed by atoms with Crippen LogP contribution in [0.3, 0.4) is 0 Å². The van der Waals surface area contributed by atoms with E-state index in [2.05, 4.69) is 10.1 Å². The Bertz CT molecular complexity index is 806. The normalized spacial score (nSPS) is 10.9. The zero-order valence-electron chi connectivity index (χ0n) is 10.7. The fourth-order valence-electron chi connectivity index (χ4n) is 2.11. The molecule has 0 amide bonds. The molecule has 0 saturated heterocycles. The first-order valence-corrected chi connectivity index (χ1v) is 6.76. The van der Waals surface area contributed by atoms with Gasteiger partial charge in [-0.05, 0) is 13.0 Å². The van der Waals surface area contributed by atoms with Gasteiger partial charge in [0.25, 0.3) is 0 Å². The van der Waals surface area contributed by atoms with E-state index in [1.165, 1.54) is 0 Å². The molecule has 0 radical (unpaired) electrons. The first-order valence-electron chi connectivity index (χ1n) is 5.97. The molecule has 0 unspecified atom stereocenters. The molecule has 1 aromatic carbocycles. The third kappa shape index (κ3) is 2.05. The fraction of sp³-hybridized carbons (Fsp3) is 0.0714. The van der Waals surface area contributed by atoms with Crippen molar-refractivity contribution in [3.05, 3.63) is 52.9 Å². The van der Waals surface area contributed by atoms with E-state index in [0.717, 1.165) is 22.3 Å². The van der Waals surface area contributed by atoms with Crippen molar-refractivity contribution in [1.29, 1.82) is 0 Å². The molecule has 20 heavy (non-hydrogen) atoms. The molecule has 0 bridgehead atoms. The molecule has 0 aliphatic rings. The number of halogens is 1. The SMILES string of the molecule is Cc1nn(-c2c(C(N)=S)cnc3ccccc23)cc1Cl. The van der Waals surface area contributed by atoms with Crippen molar-refractivity contribution in [2.75, 3.05) is 0 Å². The fourth-order valence-corrected chi connectivity index (χ4v) is 2.39. The van der Waals surface area contributed by atoms with Gasteiger partial charge in [-0.25, -0.2) is 4.68 Å². The Morgan fingerprint density at radius 2 is 2.10 bits per heavy atom. The monoisotopic (exact) mass is 302 g/mol. The van der Waals surface area contributed by atoms with E-state index >= 15 is 0 Å². The first-order chi connectivity index (χ1) is 9.58. The lowest BCUT2D eigenvalue weighted by Crippen LogP contribution is -2.14. The van der Waals surface area contributed by atoms with Crippen LogP contribution in [0.1, 0.15) is 11.3 Å². The molecule has 100 valence electrons. The summed E-state index contributed by atoms with van der Waals surface area (Å²) in [5.41, 5.74) is 8.89. The number of aryl methyl sites for hydroxylation is 1. The number of pyridine rings is 1. The number of fused-ring (bicyclic) bond motifs is 1. The highest BCUT2D eigenvalue weighted by Crippen LogP contribution is 2.26. The van der Waals surface area contributed by atoms with Gasteiger partial charge >= 0.3 is 0 Å². The number of thiocarbonyl (C=S) groups is 1. The van der Waals surface area contributed by atoms with Gasteiger partial charge in [-0.15, -0.1) is 0 Å². The summed E-state index contributed by atoms with van der Waals surface area (Å²) in [7, 11) is 0. The largest absolute Gasteiger partial charge is 0.389 e. The average molecular weight is 303 g/mol. The summed E-state index contributed by atoms with van der Waals surface area (Å²) >= 11 is 11.2. The number of para-hydroxylation sites is 1. The van der Waals surface area contributed by atoms with Gasteiger partial charge < -0.3 is 5.73 Å². The lowest BCUT2D eigenvalue weighted by molar-refractivity contribution is 0.866. The summed E-state index contributed by atoms with van der Waals surface area (Å²) in [6.45, 7) is 1.85. The Kier molecular flexibility index (Phi) is 3.16. The summed E-state index contributed by atoms with van der Waals surface area (Å²) in [5.74, 6) is 0. The highest BCUT2D eigenvalue weighted by atomic mass is 35.5. The minimum atomic E-state index is 0.280. The van der Waals surface area contributed by atoms with Crippen LogP contribution < -0.4 is 5.73 Å². The average Bonchev–Trinajstić information content (AvgIpc) is 2.77. The van der Waals surface area contributed by atoms with Crippen LogP contribution in [0.4, 0.5) is 0 Å². The third-order valence-electron chi connectivity index (χ3n) is 3.08. The Morgan fingerprint density at radius 3 is 2.75 bits per heavy atom. The van der Waals surface area contributed by atoms with Crippen LogP contribution in [0.25, 0.3) is 16.6 Å². The predicted molar refractivity (Wildman–Crippen MR) is 84.5 cm³/mol. The summed E-state index contributed by atoms with van der Waals surface area (Å²) in [6.07, 6.45) is 3.42. The van der Waals surface area contributed by atoms with Crippen LogP contribution in [-0.4, -0.2) is 19.8 Å². The summed E-state index contributed by atoms with van der Waals surface area (Å²) in [5, 5.41) is 5.94. The molecular formula is C14H11ClN4S. The van der Waals surface area contributed by atoms with Crippen LogP contribution >= 0.6 is 23.8 Å². The second-order valence-electron chi connectivity index (χ2n) is 4.41. The third-order valence-corrected chi connectivity index (χ3v) is 3.67. The number of benzene rings is 1. The van der Waals surface area contributed by atoms with Crippen LogP contribution in [0.5, 0.6) is 0 Å². The van der Waals surface area contributed by atoms with Crippen molar-refractivity contribution in [3.8, 4) is 5.69 Å². The van der Waals surface area contributed by atoms with Gasteiger partial charge in [0, 0.05) is 17.8 Å². The smallest absolute Gasteiger partial charge is 0.107 e. The molecule has 6 heteroatoms. The molecule has 0 fully saturated rings. The quantitative estimate of drug-likeness (QED) is 0.739. The zero-order valence-corrected chi connectivity index (χ0v) is 12.2. The molecule has 2 N–H and O–H groups in total. The molecular weight excluding hydrogens is 292 g/mol. The molecule has 0 aliphatic carbocycles. The van der Waals surface area contributed by atoms with E-state index in [0.29, 0.717) is 10.6 Å². The van der Waals surface area contributed by atoms with Crippen molar-refractivity contribution in [2.24, 2.45) is 5.73 Å². The highest BCUT2D eigenvalue weighted by Gasteiger charge is 2.14. The van der Waals surface area contributed by atoms with E-state index in [-0.39, 0.29) is 4.99 Å². The lowest BCUT2D eigenvalue weighted by atomic mass is 10.1. The van der Waals surface area contributed by atoms with E-state index < -0.39 is 0 Å². The summed E-state index contributed by atoms with van der Waals surface area (Å²) in [6, 6.07) is 7.76. The maximum absolute atomic E-state index is 6.10. The van der Waals surface area contributed by atoms with Gasteiger partial charge in [0.2, 0.25) is 0 Å². The maximum Gasteiger partial charge on any atom is 0.107 e. The summed E-state index contributed by atoms with van der Waals surface area (Å²) in [4.78, 5) is 4.66. The number of hydrogen-bond acceptors (Lipinski definition) is 3. The standard InChI is InChI=1S/C14H11ClN4S/c1-8-11(15)7-19(18-8)13-9-4-2-3-5-12(9)17-6-10(13)14(16)20/h2-7H,1H3,(H2,16,20). The van der Waals surface area contributed by atoms with Crippen LogP contribution in [0.15, 0.2) is 36.7 Å². The van der Waals surface area contributed by atoms with Crippen molar-refractivity contribution in [3.63, 3.8) is 0 Å². The minimum absolute atomic E-state index is 0.280. The van der Waals surface area contributed by atoms with E-state index in [4.69, 9.17) is 29.6 Å². The number of rotatable bonds is 2. The second kappa shape index (κ2) is 4.85. The Morgan fingerprint density at radius 1 is 1.35 bits per heavy atom. The van der Waals surface area contributed by atoms with Crippen molar-refractivity contribution >= 4 is 39.7 Å². The molecule has 2 aromatic heterocycles. The Hall–Kier alpha value is -1.98. The highest BCUT2D eigenvalue weighted by molar-refractivity contribution is 7.80. The first kappa shape index (κ1) is 13.0. The van der Waals surface area contributed by atoms with Gasteiger partial charge in [-0.1, -0.05) is 42.0 Å². The molecule has 3 rings (SSSR count). The lowest BCUT2D eigenvalue weighted by Gasteiger charge is -2.11. The topological polar surface area (TPSA) is 56.7 Å². The predicted octanol–water partition coefficient (Wildman–Crippen LogP) is 3.02. The van der Waals surface area contributed by atoms with Gasteiger partial charge in [-0.2, -0.15) is 5.10 Å². The molecule has 3 aromatic rings. The Balaban J connectivity index is 2.41. The van der Waals surface area contributed by atoms with Crippen molar-refractivity contribution in [1.82, 2.24) is 14.8 Å². The number of nitrogens with zero attached hydrogens (tertiary/aromatic N) is 3. The van der Waals surface area contributed by atoms with Gasteiger partial charge in [-0.3, -0.25) is 4.98 Å². The van der Waals surface area contributed by atoms with Crippen LogP contribution in [-0.2, 0) is 0 Å². The van der Waals surface area contributed by atoms with Gasteiger partial charge in [0.05, 0.1) is 27.5 Å². The van der Waals surface area contributed by atoms with Gasteiger partial charge in [0.15, 0.2) is 0 Å². The molecule has 4 nitrogen and oxygen atoms in total. The maximum atomic E-state index is 6.10. The molecule has 2 heterocycles. The molecule has 0 aliphatic heterocycles. The van der Waals surface area contributed by atoms with E-state index in [1.807, 2.05) is 31.2 Å². The van der Waals surface area contributed by atoms with E-state index in [9.17, 15) is 0 Å². The summed E-state index contributed by atoms with van der Waals surface area (Å²) < 4.78 is 1.70. The Labute approximate surface area is 126 Å². The zero-order chi connectivity index (χ0) is 14.3. The van der Waals surface area contributed by atoms with Crippen molar-refractivity contribution < 1.29 is 0 Å². The van der Waals surface area contributed by atoms with Gasteiger partial charge in [0.1, 0.15) is 4.99 Å². The molecule has 0 atom stereocenters. The minimum Gasteiger partial charge on any atom is -0.389 e. The number of nitrogens with two attached hydrogens (primary N) is 1. The van der Waals surface area contributed by atoms with Crippen LogP contribution in [0.2, 0.25) is 5.02 Å². The van der Waals surface area contributed by atoms with Crippen LogP contribution in [0, 0.1) is 6.92 Å². The molecule has 0 saturated carbocycles. The number of hydrogen-bond donors (Lipinski definition) is 1.